The van der Waals surface area contributed by atoms with Crippen molar-refractivity contribution >= 4 is 11.8 Å². The van der Waals surface area contributed by atoms with Gasteiger partial charge in [0.05, 0.1) is 0 Å². The van der Waals surface area contributed by atoms with Crippen LogP contribution in [-0.4, -0.2) is 24.5 Å². The minimum Gasteiger partial charge on any atom is -0.481 e. The van der Waals surface area contributed by atoms with Crippen molar-refractivity contribution in [3.63, 3.8) is 0 Å². The maximum atomic E-state index is 11.9. The Morgan fingerprint density at radius 3 is 2.32 bits per heavy atom. The SMILES string of the molecule is C[C@@H](Oc1ccc(C(C)(C)C)cc1)C(=O)NCCCC(N)=O. The van der Waals surface area contributed by atoms with E-state index in [1.807, 2.05) is 24.3 Å². The van der Waals surface area contributed by atoms with Crippen molar-refractivity contribution in [1.29, 1.82) is 0 Å². The zero-order chi connectivity index (χ0) is 16.8. The summed E-state index contributed by atoms with van der Waals surface area (Å²) in [6, 6.07) is 7.76. The molecule has 0 aliphatic rings. The van der Waals surface area contributed by atoms with E-state index in [0.29, 0.717) is 18.7 Å². The van der Waals surface area contributed by atoms with Crippen LogP contribution in [0.2, 0.25) is 0 Å². The summed E-state index contributed by atoms with van der Waals surface area (Å²) in [4.78, 5) is 22.5. The van der Waals surface area contributed by atoms with Crippen molar-refractivity contribution in [3.8, 4) is 5.75 Å². The van der Waals surface area contributed by atoms with Crippen LogP contribution in [0.4, 0.5) is 0 Å². The first kappa shape index (κ1) is 18.0. The van der Waals surface area contributed by atoms with E-state index in [-0.39, 0.29) is 23.7 Å². The summed E-state index contributed by atoms with van der Waals surface area (Å²) in [6.07, 6.45) is 0.215. The quantitative estimate of drug-likeness (QED) is 0.757. The van der Waals surface area contributed by atoms with Gasteiger partial charge in [-0.1, -0.05) is 32.9 Å². The number of rotatable bonds is 7. The third-order valence-electron chi connectivity index (χ3n) is 3.30. The van der Waals surface area contributed by atoms with E-state index in [1.165, 1.54) is 5.56 Å². The van der Waals surface area contributed by atoms with E-state index < -0.39 is 6.10 Å². The third kappa shape index (κ3) is 6.16. The number of nitrogens with one attached hydrogen (secondary N) is 1. The maximum absolute atomic E-state index is 11.9. The molecule has 0 bridgehead atoms. The molecule has 0 aromatic heterocycles. The van der Waals surface area contributed by atoms with Crippen LogP contribution >= 0.6 is 0 Å². The molecule has 0 saturated heterocycles. The van der Waals surface area contributed by atoms with Crippen LogP contribution in [0.5, 0.6) is 5.75 Å². The molecule has 0 aliphatic carbocycles. The number of hydrogen-bond acceptors (Lipinski definition) is 3. The van der Waals surface area contributed by atoms with Gasteiger partial charge in [0.25, 0.3) is 5.91 Å². The second-order valence-corrected chi connectivity index (χ2v) is 6.40. The monoisotopic (exact) mass is 306 g/mol. The first-order valence-electron chi connectivity index (χ1n) is 7.53. The van der Waals surface area contributed by atoms with E-state index in [1.54, 1.807) is 6.92 Å². The normalized spacial score (nSPS) is 12.5. The third-order valence-corrected chi connectivity index (χ3v) is 3.30. The predicted octanol–water partition coefficient (Wildman–Crippen LogP) is 2.13. The van der Waals surface area contributed by atoms with Gasteiger partial charge in [0.1, 0.15) is 5.75 Å². The number of benzene rings is 1. The fourth-order valence-corrected chi connectivity index (χ4v) is 1.91. The molecule has 0 spiro atoms. The lowest BCUT2D eigenvalue weighted by Crippen LogP contribution is -2.37. The molecule has 2 amide bonds. The van der Waals surface area contributed by atoms with Gasteiger partial charge in [-0.2, -0.15) is 0 Å². The van der Waals surface area contributed by atoms with E-state index in [9.17, 15) is 9.59 Å². The lowest BCUT2D eigenvalue weighted by Gasteiger charge is -2.20. The summed E-state index contributed by atoms with van der Waals surface area (Å²) >= 11 is 0. The highest BCUT2D eigenvalue weighted by molar-refractivity contribution is 5.80. The van der Waals surface area contributed by atoms with E-state index in [4.69, 9.17) is 10.5 Å². The van der Waals surface area contributed by atoms with Crippen molar-refractivity contribution in [2.45, 2.75) is 52.1 Å². The molecule has 5 heteroatoms. The zero-order valence-electron chi connectivity index (χ0n) is 13.8. The van der Waals surface area contributed by atoms with Gasteiger partial charge < -0.3 is 15.8 Å². The molecule has 3 N–H and O–H groups in total. The fourth-order valence-electron chi connectivity index (χ4n) is 1.91. The van der Waals surface area contributed by atoms with Crippen molar-refractivity contribution in [2.24, 2.45) is 5.73 Å². The van der Waals surface area contributed by atoms with Crippen molar-refractivity contribution in [3.05, 3.63) is 29.8 Å². The van der Waals surface area contributed by atoms with Gasteiger partial charge in [-0.15, -0.1) is 0 Å². The molecule has 0 radical (unpaired) electrons. The number of ether oxygens (including phenoxy) is 1. The summed E-state index contributed by atoms with van der Waals surface area (Å²) in [5.41, 5.74) is 6.33. The molecule has 1 rings (SSSR count). The van der Waals surface area contributed by atoms with Crippen LogP contribution < -0.4 is 15.8 Å². The van der Waals surface area contributed by atoms with Crippen LogP contribution in [0.3, 0.4) is 0 Å². The van der Waals surface area contributed by atoms with Crippen LogP contribution in [-0.2, 0) is 15.0 Å². The minimum atomic E-state index is -0.589. The number of hydrogen-bond donors (Lipinski definition) is 2. The second-order valence-electron chi connectivity index (χ2n) is 6.40. The molecule has 1 aromatic carbocycles. The lowest BCUT2D eigenvalue weighted by atomic mass is 9.87. The summed E-state index contributed by atoms with van der Waals surface area (Å²) in [6.45, 7) is 8.54. The highest BCUT2D eigenvalue weighted by Crippen LogP contribution is 2.24. The van der Waals surface area contributed by atoms with Crippen molar-refractivity contribution in [1.82, 2.24) is 5.32 Å². The first-order valence-corrected chi connectivity index (χ1v) is 7.53. The Morgan fingerprint density at radius 2 is 1.82 bits per heavy atom. The van der Waals surface area contributed by atoms with Crippen LogP contribution in [0.25, 0.3) is 0 Å². The van der Waals surface area contributed by atoms with Crippen molar-refractivity contribution in [2.75, 3.05) is 6.54 Å². The number of carbonyl (C=O) groups is 2. The van der Waals surface area contributed by atoms with Gasteiger partial charge in [0.2, 0.25) is 5.91 Å². The highest BCUT2D eigenvalue weighted by atomic mass is 16.5. The fraction of sp³-hybridized carbons (Fsp3) is 0.529. The van der Waals surface area contributed by atoms with Crippen molar-refractivity contribution < 1.29 is 14.3 Å². The summed E-state index contributed by atoms with van der Waals surface area (Å²) in [5.74, 6) is 0.0923. The topological polar surface area (TPSA) is 81.4 Å². The largest absolute Gasteiger partial charge is 0.481 e. The molecule has 1 atom stereocenters. The Morgan fingerprint density at radius 1 is 1.23 bits per heavy atom. The van der Waals surface area contributed by atoms with Gasteiger partial charge in [-0.3, -0.25) is 9.59 Å². The number of amides is 2. The Bertz CT molecular complexity index is 504. The molecule has 122 valence electrons. The standard InChI is InChI=1S/C17H26N2O3/c1-12(16(21)19-11-5-6-15(18)20)22-14-9-7-13(8-10-14)17(2,3)4/h7-10,12H,5-6,11H2,1-4H3,(H2,18,20)(H,19,21)/t12-/m1/s1. The van der Waals surface area contributed by atoms with Crippen LogP contribution in [0.15, 0.2) is 24.3 Å². The molecule has 0 saturated carbocycles. The van der Waals surface area contributed by atoms with Crippen LogP contribution in [0.1, 0.15) is 46.1 Å². The van der Waals surface area contributed by atoms with Gasteiger partial charge in [0.15, 0.2) is 6.10 Å². The molecule has 1 aromatic rings. The number of primary amides is 1. The van der Waals surface area contributed by atoms with Crippen LogP contribution in [0, 0.1) is 0 Å². The first-order chi connectivity index (χ1) is 10.2. The second kappa shape index (κ2) is 7.82. The predicted molar refractivity (Wildman–Crippen MR) is 86.7 cm³/mol. The summed E-state index contributed by atoms with van der Waals surface area (Å²) in [7, 11) is 0. The number of nitrogens with two attached hydrogens (primary N) is 1. The Balaban J connectivity index is 2.45. The lowest BCUT2D eigenvalue weighted by molar-refractivity contribution is -0.127. The Hall–Kier alpha value is -2.04. The summed E-state index contributed by atoms with van der Waals surface area (Å²) < 4.78 is 5.62. The van der Waals surface area contributed by atoms with Gasteiger partial charge in [-0.05, 0) is 36.5 Å². The van der Waals surface area contributed by atoms with Gasteiger partial charge >= 0.3 is 0 Å². The molecular weight excluding hydrogens is 280 g/mol. The van der Waals surface area contributed by atoms with E-state index >= 15 is 0 Å². The average molecular weight is 306 g/mol. The zero-order valence-corrected chi connectivity index (χ0v) is 13.8. The molecule has 22 heavy (non-hydrogen) atoms. The van der Waals surface area contributed by atoms with E-state index in [2.05, 4.69) is 26.1 Å². The molecule has 0 unspecified atom stereocenters. The van der Waals surface area contributed by atoms with Gasteiger partial charge in [0, 0.05) is 13.0 Å². The molecule has 0 fully saturated rings. The Labute approximate surface area is 132 Å². The Kier molecular flexibility index (Phi) is 6.40. The maximum Gasteiger partial charge on any atom is 0.260 e. The highest BCUT2D eigenvalue weighted by Gasteiger charge is 2.16. The molecule has 0 aliphatic heterocycles. The molecule has 0 heterocycles. The smallest absolute Gasteiger partial charge is 0.260 e. The molecule has 5 nitrogen and oxygen atoms in total. The van der Waals surface area contributed by atoms with Gasteiger partial charge in [-0.25, -0.2) is 0 Å². The average Bonchev–Trinajstić information content (AvgIpc) is 2.42. The van der Waals surface area contributed by atoms with E-state index in [0.717, 1.165) is 0 Å². The number of carbonyl (C=O) groups excluding carboxylic acids is 2. The molecular formula is C17H26N2O3. The minimum absolute atomic E-state index is 0.0853. The summed E-state index contributed by atoms with van der Waals surface area (Å²) in [5, 5.41) is 2.72.